The van der Waals surface area contributed by atoms with Gasteiger partial charge in [0.05, 0.1) is 13.7 Å². The van der Waals surface area contributed by atoms with Gasteiger partial charge in [0.25, 0.3) is 0 Å². The van der Waals surface area contributed by atoms with Crippen LogP contribution >= 0.6 is 0 Å². The van der Waals surface area contributed by atoms with E-state index in [9.17, 15) is 22.8 Å². The normalized spacial score (nSPS) is 11.7. The van der Waals surface area contributed by atoms with Crippen LogP contribution < -0.4 is 9.64 Å². The lowest BCUT2D eigenvalue weighted by Crippen LogP contribution is -2.37. The van der Waals surface area contributed by atoms with Gasteiger partial charge in [-0.25, -0.2) is 4.79 Å². The topological polar surface area (TPSA) is 55.8 Å². The fourth-order valence-corrected chi connectivity index (χ4v) is 3.71. The Kier molecular flexibility index (Phi) is 7.77. The van der Waals surface area contributed by atoms with Crippen molar-refractivity contribution in [2.45, 2.75) is 46.0 Å². The van der Waals surface area contributed by atoms with E-state index in [0.29, 0.717) is 16.8 Å². The minimum atomic E-state index is -4.78. The molecule has 0 N–H and O–H groups in total. The van der Waals surface area contributed by atoms with E-state index in [1.165, 1.54) is 29.2 Å². The van der Waals surface area contributed by atoms with E-state index < -0.39 is 18.2 Å². The first-order chi connectivity index (χ1) is 16.8. The van der Waals surface area contributed by atoms with Crippen LogP contribution in [0.4, 0.5) is 18.9 Å². The summed E-state index contributed by atoms with van der Waals surface area (Å²) < 4.78 is 46.1. The average molecular weight is 500 g/mol. The van der Waals surface area contributed by atoms with Gasteiger partial charge in [0.15, 0.2) is 0 Å². The van der Waals surface area contributed by atoms with E-state index >= 15 is 0 Å². The Balaban J connectivity index is 1.97. The third-order valence-electron chi connectivity index (χ3n) is 5.56. The monoisotopic (exact) mass is 499 g/mol. The predicted molar refractivity (Wildman–Crippen MR) is 132 cm³/mol. The largest absolute Gasteiger partial charge is 0.573 e. The van der Waals surface area contributed by atoms with Crippen molar-refractivity contribution in [1.29, 1.82) is 0 Å². The van der Waals surface area contributed by atoms with Crippen LogP contribution in [-0.2, 0) is 26.3 Å². The van der Waals surface area contributed by atoms with E-state index in [1.807, 2.05) is 37.3 Å². The summed E-state index contributed by atoms with van der Waals surface area (Å²) in [6.07, 6.45) is -4.78. The van der Waals surface area contributed by atoms with Gasteiger partial charge in [-0.2, -0.15) is 0 Å². The molecule has 3 aromatic rings. The smallest absolute Gasteiger partial charge is 0.462 e. The summed E-state index contributed by atoms with van der Waals surface area (Å²) in [6, 6.07) is 18.5. The first kappa shape index (κ1) is 26.8. The highest BCUT2D eigenvalue weighted by Crippen LogP contribution is 2.31. The van der Waals surface area contributed by atoms with Crippen molar-refractivity contribution < 1.29 is 32.2 Å². The molecule has 0 unspecified atom stereocenters. The van der Waals surface area contributed by atoms with Crippen molar-refractivity contribution in [1.82, 2.24) is 0 Å². The fraction of sp³-hybridized carbons (Fsp3) is 0.286. The summed E-state index contributed by atoms with van der Waals surface area (Å²) in [6.45, 7) is 8.26. The molecule has 190 valence electrons. The van der Waals surface area contributed by atoms with Crippen molar-refractivity contribution >= 4 is 17.6 Å². The van der Waals surface area contributed by atoms with E-state index in [2.05, 4.69) is 30.2 Å². The van der Waals surface area contributed by atoms with Crippen LogP contribution in [0.1, 0.15) is 37.5 Å². The number of nitrogens with zero attached hydrogens (tertiary/aromatic N) is 1. The molecule has 0 fully saturated rings. The Morgan fingerprint density at radius 3 is 2.00 bits per heavy atom. The number of aryl methyl sites for hydroxylation is 1. The first-order valence-electron chi connectivity index (χ1n) is 11.2. The maximum atomic E-state index is 13.0. The number of anilines is 1. The Morgan fingerprint density at radius 2 is 1.47 bits per heavy atom. The van der Waals surface area contributed by atoms with Crippen LogP contribution in [0.15, 0.2) is 66.7 Å². The first-order valence-corrected chi connectivity index (χ1v) is 11.2. The predicted octanol–water partition coefficient (Wildman–Crippen LogP) is 6.56. The number of carbonyl (C=O) groups is 2. The number of hydrogen-bond donors (Lipinski definition) is 0. The lowest BCUT2D eigenvalue weighted by Gasteiger charge is -2.24. The van der Waals surface area contributed by atoms with E-state index in [0.717, 1.165) is 23.8 Å². The molecule has 0 radical (unpaired) electrons. The molecule has 1 amide bonds. The van der Waals surface area contributed by atoms with Crippen molar-refractivity contribution in [2.24, 2.45) is 0 Å². The molecule has 0 aliphatic heterocycles. The SMILES string of the molecule is COC(=O)C(=O)N(Cc1ccc(C(C)(C)C)cc1)c1cc(C)cc(-c2ccc(OC(F)(F)F)cc2)c1. The number of alkyl halides is 3. The molecule has 0 heterocycles. The van der Waals surface area contributed by atoms with Gasteiger partial charge < -0.3 is 9.47 Å². The molecular weight excluding hydrogens is 471 g/mol. The third-order valence-corrected chi connectivity index (χ3v) is 5.56. The number of carbonyl (C=O) groups excluding carboxylic acids is 2. The second kappa shape index (κ2) is 10.4. The molecule has 0 saturated carbocycles. The van der Waals surface area contributed by atoms with Crippen molar-refractivity contribution in [2.75, 3.05) is 12.0 Å². The van der Waals surface area contributed by atoms with Gasteiger partial charge in [0, 0.05) is 5.69 Å². The van der Waals surface area contributed by atoms with Gasteiger partial charge in [-0.05, 0) is 64.4 Å². The minimum Gasteiger partial charge on any atom is -0.462 e. The molecule has 0 aliphatic rings. The van der Waals surface area contributed by atoms with Crippen LogP contribution in [0, 0.1) is 6.92 Å². The Labute approximate surface area is 208 Å². The summed E-state index contributed by atoms with van der Waals surface area (Å²) in [7, 11) is 1.14. The van der Waals surface area contributed by atoms with E-state index in [1.54, 1.807) is 12.1 Å². The number of esters is 1. The summed E-state index contributed by atoms with van der Waals surface area (Å²) >= 11 is 0. The molecule has 0 saturated heterocycles. The average Bonchev–Trinajstić information content (AvgIpc) is 2.80. The van der Waals surface area contributed by atoms with Crippen LogP contribution in [0.2, 0.25) is 0 Å². The number of benzene rings is 3. The molecule has 3 rings (SSSR count). The number of hydrogen-bond acceptors (Lipinski definition) is 4. The lowest BCUT2D eigenvalue weighted by molar-refractivity contribution is -0.274. The molecular formula is C28H28F3NO4. The molecule has 36 heavy (non-hydrogen) atoms. The second-order valence-corrected chi connectivity index (χ2v) is 9.46. The standard InChI is InChI=1S/C28H28F3NO4/c1-18-14-21(20-8-12-24(13-9-20)36-28(29,30)31)16-23(15-18)32(25(33)26(34)35-5)17-19-6-10-22(11-7-19)27(2,3)4/h6-16H,17H2,1-5H3. The zero-order valence-corrected chi connectivity index (χ0v) is 20.8. The van der Waals surface area contributed by atoms with Crippen molar-refractivity contribution in [3.8, 4) is 16.9 Å². The Morgan fingerprint density at radius 1 is 0.861 bits per heavy atom. The molecule has 0 spiro atoms. The van der Waals surface area contributed by atoms with Gasteiger partial charge in [0.2, 0.25) is 0 Å². The number of methoxy groups -OCH3 is 1. The molecule has 8 heteroatoms. The van der Waals surface area contributed by atoms with Crippen molar-refractivity contribution in [3.05, 3.63) is 83.4 Å². The van der Waals surface area contributed by atoms with Crippen LogP contribution in [0.3, 0.4) is 0 Å². The van der Waals surface area contributed by atoms with E-state index in [4.69, 9.17) is 0 Å². The Bertz CT molecular complexity index is 1230. The number of ether oxygens (including phenoxy) is 2. The van der Waals surface area contributed by atoms with Gasteiger partial charge in [0.1, 0.15) is 5.75 Å². The summed E-state index contributed by atoms with van der Waals surface area (Å²) in [4.78, 5) is 26.5. The second-order valence-electron chi connectivity index (χ2n) is 9.46. The highest BCUT2D eigenvalue weighted by Gasteiger charge is 2.31. The molecule has 0 bridgehead atoms. The molecule has 0 aromatic heterocycles. The summed E-state index contributed by atoms with van der Waals surface area (Å²) in [5.74, 6) is -2.17. The molecule has 3 aromatic carbocycles. The van der Waals surface area contributed by atoms with Gasteiger partial charge in [-0.15, -0.1) is 13.2 Å². The van der Waals surface area contributed by atoms with Gasteiger partial charge in [-0.1, -0.05) is 63.2 Å². The van der Waals surface area contributed by atoms with Crippen LogP contribution in [0.5, 0.6) is 5.75 Å². The summed E-state index contributed by atoms with van der Waals surface area (Å²) in [5.41, 5.74) is 4.44. The summed E-state index contributed by atoms with van der Waals surface area (Å²) in [5, 5.41) is 0. The quantitative estimate of drug-likeness (QED) is 0.295. The van der Waals surface area contributed by atoms with Gasteiger partial charge in [-0.3, -0.25) is 9.69 Å². The van der Waals surface area contributed by atoms with Crippen LogP contribution in [0.25, 0.3) is 11.1 Å². The third kappa shape index (κ3) is 6.87. The zero-order valence-electron chi connectivity index (χ0n) is 20.8. The van der Waals surface area contributed by atoms with Gasteiger partial charge >= 0.3 is 18.2 Å². The highest BCUT2D eigenvalue weighted by molar-refractivity contribution is 6.38. The molecule has 0 atom stereocenters. The fourth-order valence-electron chi connectivity index (χ4n) is 3.71. The van der Waals surface area contributed by atoms with Crippen LogP contribution in [-0.4, -0.2) is 25.3 Å². The molecule has 0 aliphatic carbocycles. The number of rotatable bonds is 5. The number of amides is 1. The zero-order chi connectivity index (χ0) is 26.7. The van der Waals surface area contributed by atoms with E-state index in [-0.39, 0.29) is 17.7 Å². The maximum Gasteiger partial charge on any atom is 0.573 e. The van der Waals surface area contributed by atoms with Crippen molar-refractivity contribution in [3.63, 3.8) is 0 Å². The maximum absolute atomic E-state index is 13.0. The Hall–Kier alpha value is -3.81. The number of halogens is 3. The highest BCUT2D eigenvalue weighted by atomic mass is 19.4. The minimum absolute atomic E-state index is 0.0355. The lowest BCUT2D eigenvalue weighted by atomic mass is 9.87. The molecule has 5 nitrogen and oxygen atoms in total.